The van der Waals surface area contributed by atoms with Crippen LogP contribution in [0.4, 0.5) is 4.79 Å². The zero-order chi connectivity index (χ0) is 13.1. The molecule has 1 fully saturated rings. The molecule has 1 saturated heterocycles. The van der Waals surface area contributed by atoms with Gasteiger partial charge in [-0.3, -0.25) is 0 Å². The maximum absolute atomic E-state index is 11.9. The number of rotatable bonds is 0. The third-order valence-electron chi connectivity index (χ3n) is 2.46. The predicted octanol–water partition coefficient (Wildman–Crippen LogP) is 1.17. The zero-order valence-electron chi connectivity index (χ0n) is 10.7. The minimum atomic E-state index is -0.452. The maximum Gasteiger partial charge on any atom is 0.410 e. The van der Waals surface area contributed by atoms with Gasteiger partial charge in [0.15, 0.2) is 5.11 Å². The van der Waals surface area contributed by atoms with Crippen molar-refractivity contribution in [3.05, 3.63) is 0 Å². The van der Waals surface area contributed by atoms with E-state index in [4.69, 9.17) is 22.7 Å². The van der Waals surface area contributed by atoms with Crippen LogP contribution >= 0.6 is 12.2 Å². The fraction of sp³-hybridized carbons (Fsp3) is 0.818. The molecular formula is C11H21N3O2S. The van der Waals surface area contributed by atoms with Gasteiger partial charge >= 0.3 is 6.09 Å². The smallest absolute Gasteiger partial charge is 0.410 e. The lowest BCUT2D eigenvalue weighted by Gasteiger charge is -2.26. The van der Waals surface area contributed by atoms with Crippen LogP contribution in [0.3, 0.4) is 0 Å². The molecule has 2 N–H and O–H groups in total. The van der Waals surface area contributed by atoms with Gasteiger partial charge in [-0.05, 0) is 39.4 Å². The van der Waals surface area contributed by atoms with Crippen LogP contribution in [0.15, 0.2) is 0 Å². The number of carbonyl (C=O) groups is 1. The quantitative estimate of drug-likeness (QED) is 0.662. The van der Waals surface area contributed by atoms with Crippen LogP contribution in [0.1, 0.15) is 27.2 Å². The van der Waals surface area contributed by atoms with E-state index in [1.807, 2.05) is 25.7 Å². The second kappa shape index (κ2) is 5.53. The highest BCUT2D eigenvalue weighted by atomic mass is 32.1. The van der Waals surface area contributed by atoms with Crippen LogP contribution < -0.4 is 5.73 Å². The maximum atomic E-state index is 11.9. The van der Waals surface area contributed by atoms with Crippen LogP contribution in [-0.4, -0.2) is 52.8 Å². The number of hydrogen-bond acceptors (Lipinski definition) is 3. The summed E-state index contributed by atoms with van der Waals surface area (Å²) >= 11 is 4.94. The van der Waals surface area contributed by atoms with Gasteiger partial charge < -0.3 is 20.3 Å². The first-order valence-electron chi connectivity index (χ1n) is 5.82. The van der Waals surface area contributed by atoms with Crippen molar-refractivity contribution in [3.8, 4) is 0 Å². The molecule has 0 aromatic heterocycles. The highest BCUT2D eigenvalue weighted by Crippen LogP contribution is 2.11. The number of nitrogens with two attached hydrogens (primary N) is 1. The van der Waals surface area contributed by atoms with E-state index in [0.717, 1.165) is 13.0 Å². The molecule has 0 bridgehead atoms. The fourth-order valence-electron chi connectivity index (χ4n) is 1.65. The highest BCUT2D eigenvalue weighted by Gasteiger charge is 2.24. The molecule has 6 heteroatoms. The Morgan fingerprint density at radius 1 is 1.18 bits per heavy atom. The van der Waals surface area contributed by atoms with Crippen LogP contribution in [0, 0.1) is 0 Å². The molecule has 17 heavy (non-hydrogen) atoms. The molecule has 1 heterocycles. The van der Waals surface area contributed by atoms with Gasteiger partial charge in [0.1, 0.15) is 5.60 Å². The molecule has 98 valence electrons. The molecule has 1 rings (SSSR count). The van der Waals surface area contributed by atoms with Crippen molar-refractivity contribution in [3.63, 3.8) is 0 Å². The molecule has 0 atom stereocenters. The Balaban J connectivity index is 2.51. The van der Waals surface area contributed by atoms with E-state index < -0.39 is 5.60 Å². The topological polar surface area (TPSA) is 58.8 Å². The van der Waals surface area contributed by atoms with Crippen molar-refractivity contribution in [1.82, 2.24) is 9.80 Å². The van der Waals surface area contributed by atoms with E-state index in [-0.39, 0.29) is 6.09 Å². The summed E-state index contributed by atoms with van der Waals surface area (Å²) < 4.78 is 5.33. The zero-order valence-corrected chi connectivity index (χ0v) is 11.5. The molecule has 0 spiro atoms. The summed E-state index contributed by atoms with van der Waals surface area (Å²) in [6.07, 6.45) is 0.596. The Morgan fingerprint density at radius 2 is 1.71 bits per heavy atom. The van der Waals surface area contributed by atoms with E-state index in [9.17, 15) is 4.79 Å². The number of amides is 1. The van der Waals surface area contributed by atoms with Crippen molar-refractivity contribution >= 4 is 23.4 Å². The van der Waals surface area contributed by atoms with Gasteiger partial charge in [0, 0.05) is 26.2 Å². The summed E-state index contributed by atoms with van der Waals surface area (Å²) in [5.74, 6) is 0. The highest BCUT2D eigenvalue weighted by molar-refractivity contribution is 7.80. The average Bonchev–Trinajstić information content (AvgIpc) is 2.39. The normalized spacial score (nSPS) is 17.6. The summed E-state index contributed by atoms with van der Waals surface area (Å²) in [4.78, 5) is 15.5. The molecule has 1 aliphatic heterocycles. The Labute approximate surface area is 108 Å². The molecule has 0 aliphatic carbocycles. The van der Waals surface area contributed by atoms with Crippen molar-refractivity contribution in [2.75, 3.05) is 26.2 Å². The molecule has 1 aliphatic rings. The first-order valence-corrected chi connectivity index (χ1v) is 6.23. The number of nitrogens with zero attached hydrogens (tertiary/aromatic N) is 2. The third-order valence-corrected chi connectivity index (χ3v) is 2.72. The third kappa shape index (κ3) is 4.77. The number of hydrogen-bond donors (Lipinski definition) is 1. The fourth-order valence-corrected chi connectivity index (χ4v) is 1.83. The summed E-state index contributed by atoms with van der Waals surface area (Å²) in [6.45, 7) is 8.36. The summed E-state index contributed by atoms with van der Waals surface area (Å²) in [5, 5.41) is 0.399. The lowest BCUT2D eigenvalue weighted by Crippen LogP contribution is -2.41. The van der Waals surface area contributed by atoms with Gasteiger partial charge in [-0.15, -0.1) is 0 Å². The van der Waals surface area contributed by atoms with Crippen LogP contribution in [0.2, 0.25) is 0 Å². The molecule has 0 radical (unpaired) electrons. The lowest BCUT2D eigenvalue weighted by molar-refractivity contribution is 0.0260. The molecular weight excluding hydrogens is 238 g/mol. The second-order valence-corrected chi connectivity index (χ2v) is 5.56. The van der Waals surface area contributed by atoms with Crippen LogP contribution in [-0.2, 0) is 4.74 Å². The Morgan fingerprint density at radius 3 is 2.24 bits per heavy atom. The van der Waals surface area contributed by atoms with Gasteiger partial charge in [0.2, 0.25) is 0 Å². The summed E-state index contributed by atoms with van der Waals surface area (Å²) in [7, 11) is 0. The molecule has 0 aromatic carbocycles. The van der Waals surface area contributed by atoms with E-state index in [0.29, 0.717) is 24.7 Å². The number of ether oxygens (including phenoxy) is 1. The predicted molar refractivity (Wildman–Crippen MR) is 70.8 cm³/mol. The summed E-state index contributed by atoms with van der Waals surface area (Å²) in [5.41, 5.74) is 5.13. The molecule has 0 saturated carbocycles. The Kier molecular flexibility index (Phi) is 4.56. The van der Waals surface area contributed by atoms with Gasteiger partial charge in [-0.2, -0.15) is 0 Å². The standard InChI is InChI=1S/C11H21N3O2S/c1-11(2,3)16-10(15)14-6-4-5-13(7-8-14)9(12)17/h4-8H2,1-3H3,(H2,12,17). The first-order chi connectivity index (χ1) is 7.79. The van der Waals surface area contributed by atoms with Crippen LogP contribution in [0.5, 0.6) is 0 Å². The van der Waals surface area contributed by atoms with Gasteiger partial charge in [0.05, 0.1) is 0 Å². The van der Waals surface area contributed by atoms with Crippen molar-refractivity contribution < 1.29 is 9.53 Å². The lowest BCUT2D eigenvalue weighted by atomic mass is 10.2. The van der Waals surface area contributed by atoms with Crippen molar-refractivity contribution in [2.24, 2.45) is 5.73 Å². The SMILES string of the molecule is CC(C)(C)OC(=O)N1CCCN(C(N)=S)CC1. The van der Waals surface area contributed by atoms with Gasteiger partial charge in [0.25, 0.3) is 0 Å². The minimum Gasteiger partial charge on any atom is -0.444 e. The number of thiocarbonyl (C=S) groups is 1. The van der Waals surface area contributed by atoms with Gasteiger partial charge in [-0.25, -0.2) is 4.79 Å². The van der Waals surface area contributed by atoms with E-state index in [2.05, 4.69) is 0 Å². The average molecular weight is 259 g/mol. The summed E-state index contributed by atoms with van der Waals surface area (Å²) in [6, 6.07) is 0. The van der Waals surface area contributed by atoms with Crippen LogP contribution in [0.25, 0.3) is 0 Å². The Hall–Kier alpha value is -1.04. The second-order valence-electron chi connectivity index (χ2n) is 5.15. The largest absolute Gasteiger partial charge is 0.444 e. The minimum absolute atomic E-state index is 0.262. The molecule has 0 unspecified atom stereocenters. The monoisotopic (exact) mass is 259 g/mol. The van der Waals surface area contributed by atoms with Crippen molar-refractivity contribution in [1.29, 1.82) is 0 Å². The van der Waals surface area contributed by atoms with E-state index in [1.54, 1.807) is 4.90 Å². The Bertz CT molecular complexity index is 302. The molecule has 0 aromatic rings. The van der Waals surface area contributed by atoms with Gasteiger partial charge in [-0.1, -0.05) is 0 Å². The molecule has 5 nitrogen and oxygen atoms in total. The number of carbonyl (C=O) groups excluding carboxylic acids is 1. The van der Waals surface area contributed by atoms with E-state index in [1.165, 1.54) is 0 Å². The first kappa shape index (κ1) is 14.0. The van der Waals surface area contributed by atoms with Crippen molar-refractivity contribution in [2.45, 2.75) is 32.8 Å². The molecule has 1 amide bonds. The van der Waals surface area contributed by atoms with E-state index >= 15 is 0 Å².